The van der Waals surface area contributed by atoms with Crippen molar-refractivity contribution in [3.8, 4) is 0 Å². The van der Waals surface area contributed by atoms with E-state index in [2.05, 4.69) is 54.7 Å². The van der Waals surface area contributed by atoms with E-state index in [1.165, 1.54) is 0 Å². The lowest BCUT2D eigenvalue weighted by atomic mass is 10.3. The fourth-order valence-electron chi connectivity index (χ4n) is 2.13. The van der Waals surface area contributed by atoms with E-state index in [1.807, 2.05) is 0 Å². The van der Waals surface area contributed by atoms with Crippen LogP contribution in [0.4, 0.5) is 11.6 Å². The molecule has 2 heterocycles. The zero-order valence-electron chi connectivity index (χ0n) is 11.5. The van der Waals surface area contributed by atoms with Crippen molar-refractivity contribution in [2.45, 2.75) is 0 Å². The van der Waals surface area contributed by atoms with Gasteiger partial charge in [0.2, 0.25) is 0 Å². The molecule has 1 aromatic heterocycles. The van der Waals surface area contributed by atoms with Gasteiger partial charge >= 0.3 is 0 Å². The first-order valence-corrected chi connectivity index (χ1v) is 7.25. The molecular formula is C12H21BrN6. The van der Waals surface area contributed by atoms with Gasteiger partial charge < -0.3 is 15.5 Å². The van der Waals surface area contributed by atoms with E-state index in [4.69, 9.17) is 5.73 Å². The van der Waals surface area contributed by atoms with Crippen molar-refractivity contribution in [2.75, 3.05) is 64.0 Å². The Hall–Kier alpha value is -0.920. The smallest absolute Gasteiger partial charge is 0.172 e. The Labute approximate surface area is 122 Å². The van der Waals surface area contributed by atoms with Crippen LogP contribution in [0.3, 0.4) is 0 Å². The summed E-state index contributed by atoms with van der Waals surface area (Å²) in [6.45, 7) is 6.19. The Balaban J connectivity index is 1.90. The van der Waals surface area contributed by atoms with Crippen LogP contribution in [0.1, 0.15) is 0 Å². The molecule has 1 aliphatic heterocycles. The molecule has 1 saturated heterocycles. The largest absolute Gasteiger partial charge is 0.381 e. The summed E-state index contributed by atoms with van der Waals surface area (Å²) in [5.41, 5.74) is 5.90. The molecule has 7 heteroatoms. The van der Waals surface area contributed by atoms with Gasteiger partial charge in [0, 0.05) is 39.3 Å². The average Bonchev–Trinajstić information content (AvgIpc) is 2.40. The SMILES string of the molecule is CN(C)CCN1CCN(c2nc(Br)cnc2N)CC1. The normalized spacial score (nSPS) is 17.2. The molecule has 6 nitrogen and oxygen atoms in total. The summed E-state index contributed by atoms with van der Waals surface area (Å²) >= 11 is 3.34. The highest BCUT2D eigenvalue weighted by atomic mass is 79.9. The summed E-state index contributed by atoms with van der Waals surface area (Å²) in [5.74, 6) is 1.30. The first-order chi connectivity index (χ1) is 9.06. The quantitative estimate of drug-likeness (QED) is 0.868. The summed E-state index contributed by atoms with van der Waals surface area (Å²) in [5, 5.41) is 0. The Bertz CT molecular complexity index is 417. The van der Waals surface area contributed by atoms with Crippen LogP contribution in [-0.2, 0) is 0 Å². The zero-order chi connectivity index (χ0) is 13.8. The van der Waals surface area contributed by atoms with Gasteiger partial charge in [-0.15, -0.1) is 0 Å². The molecule has 106 valence electrons. The van der Waals surface area contributed by atoms with Gasteiger partial charge in [0.15, 0.2) is 11.6 Å². The highest BCUT2D eigenvalue weighted by Crippen LogP contribution is 2.21. The Morgan fingerprint density at radius 1 is 1.32 bits per heavy atom. The number of nitrogens with zero attached hydrogens (tertiary/aromatic N) is 5. The van der Waals surface area contributed by atoms with Crippen molar-refractivity contribution in [1.29, 1.82) is 0 Å². The fraction of sp³-hybridized carbons (Fsp3) is 0.667. The van der Waals surface area contributed by atoms with E-state index >= 15 is 0 Å². The highest BCUT2D eigenvalue weighted by Gasteiger charge is 2.20. The molecule has 0 amide bonds. The second-order valence-electron chi connectivity index (χ2n) is 5.03. The van der Waals surface area contributed by atoms with Crippen LogP contribution in [0.2, 0.25) is 0 Å². The molecule has 0 aromatic carbocycles. The van der Waals surface area contributed by atoms with Crippen molar-refractivity contribution >= 4 is 27.6 Å². The molecule has 1 aliphatic rings. The van der Waals surface area contributed by atoms with Crippen molar-refractivity contribution in [3.05, 3.63) is 10.8 Å². The third-order valence-electron chi connectivity index (χ3n) is 3.29. The summed E-state index contributed by atoms with van der Waals surface area (Å²) in [4.78, 5) is 15.5. The molecule has 0 saturated carbocycles. The molecule has 2 N–H and O–H groups in total. The fourth-order valence-corrected chi connectivity index (χ4v) is 2.40. The van der Waals surface area contributed by atoms with Gasteiger partial charge in [-0.1, -0.05) is 0 Å². The van der Waals surface area contributed by atoms with Crippen LogP contribution < -0.4 is 10.6 Å². The van der Waals surface area contributed by atoms with Gasteiger partial charge in [-0.25, -0.2) is 9.97 Å². The Morgan fingerprint density at radius 2 is 2.00 bits per heavy atom. The van der Waals surface area contributed by atoms with E-state index in [1.54, 1.807) is 6.20 Å². The highest BCUT2D eigenvalue weighted by molar-refractivity contribution is 9.10. The summed E-state index contributed by atoms with van der Waals surface area (Å²) in [6, 6.07) is 0. The van der Waals surface area contributed by atoms with Crippen molar-refractivity contribution in [2.24, 2.45) is 0 Å². The van der Waals surface area contributed by atoms with Gasteiger partial charge in [0.05, 0.1) is 6.20 Å². The van der Waals surface area contributed by atoms with Crippen LogP contribution in [-0.4, -0.2) is 73.1 Å². The summed E-state index contributed by atoms with van der Waals surface area (Å²) < 4.78 is 0.728. The molecule has 0 atom stereocenters. The minimum absolute atomic E-state index is 0.505. The van der Waals surface area contributed by atoms with E-state index in [-0.39, 0.29) is 0 Å². The number of likely N-dealkylation sites (N-methyl/N-ethyl adjacent to an activating group) is 1. The maximum Gasteiger partial charge on any atom is 0.172 e. The minimum atomic E-state index is 0.505. The maximum atomic E-state index is 5.90. The van der Waals surface area contributed by atoms with Gasteiger partial charge in [0.1, 0.15) is 4.60 Å². The topological polar surface area (TPSA) is 61.5 Å². The molecule has 0 aliphatic carbocycles. The zero-order valence-corrected chi connectivity index (χ0v) is 13.1. The van der Waals surface area contributed by atoms with E-state index < -0.39 is 0 Å². The lowest BCUT2D eigenvalue weighted by Gasteiger charge is -2.36. The second kappa shape index (κ2) is 6.49. The number of hydrogen-bond acceptors (Lipinski definition) is 6. The van der Waals surface area contributed by atoms with E-state index in [0.29, 0.717) is 5.82 Å². The van der Waals surface area contributed by atoms with Crippen molar-refractivity contribution in [1.82, 2.24) is 19.8 Å². The van der Waals surface area contributed by atoms with Gasteiger partial charge in [-0.3, -0.25) is 4.90 Å². The molecule has 0 bridgehead atoms. The number of hydrogen-bond donors (Lipinski definition) is 1. The predicted molar refractivity (Wildman–Crippen MR) is 81.4 cm³/mol. The lowest BCUT2D eigenvalue weighted by molar-refractivity contribution is 0.229. The average molecular weight is 329 g/mol. The van der Waals surface area contributed by atoms with Crippen LogP contribution >= 0.6 is 15.9 Å². The molecule has 0 radical (unpaired) electrons. The number of halogens is 1. The molecule has 0 spiro atoms. The number of nitrogens with two attached hydrogens (primary N) is 1. The molecule has 0 unspecified atom stereocenters. The predicted octanol–water partition coefficient (Wildman–Crippen LogP) is 0.505. The van der Waals surface area contributed by atoms with Crippen LogP contribution in [0.25, 0.3) is 0 Å². The molecule has 1 aromatic rings. The number of aromatic nitrogens is 2. The second-order valence-corrected chi connectivity index (χ2v) is 5.85. The first-order valence-electron chi connectivity index (χ1n) is 6.46. The molecular weight excluding hydrogens is 308 g/mol. The third kappa shape index (κ3) is 4.02. The number of piperazine rings is 1. The standard InChI is InChI=1S/C12H21BrN6/c1-17(2)3-4-18-5-7-19(8-6-18)12-11(14)15-9-10(13)16-12/h9H,3-8H2,1-2H3,(H2,14,15). The van der Waals surface area contributed by atoms with Crippen LogP contribution in [0.5, 0.6) is 0 Å². The molecule has 1 fully saturated rings. The number of anilines is 2. The number of nitrogen functional groups attached to an aromatic ring is 1. The first kappa shape index (κ1) is 14.5. The summed E-state index contributed by atoms with van der Waals surface area (Å²) in [7, 11) is 4.21. The van der Waals surface area contributed by atoms with E-state index in [9.17, 15) is 0 Å². The monoisotopic (exact) mass is 328 g/mol. The van der Waals surface area contributed by atoms with E-state index in [0.717, 1.165) is 49.7 Å². The van der Waals surface area contributed by atoms with Crippen molar-refractivity contribution in [3.63, 3.8) is 0 Å². The minimum Gasteiger partial charge on any atom is -0.381 e. The molecule has 2 rings (SSSR count). The summed E-state index contributed by atoms with van der Waals surface area (Å²) in [6.07, 6.45) is 1.63. The van der Waals surface area contributed by atoms with Gasteiger partial charge in [-0.05, 0) is 30.0 Å². The number of rotatable bonds is 4. The molecule has 19 heavy (non-hydrogen) atoms. The van der Waals surface area contributed by atoms with Crippen molar-refractivity contribution < 1.29 is 0 Å². The maximum absolute atomic E-state index is 5.90. The Kier molecular flexibility index (Phi) is 4.95. The van der Waals surface area contributed by atoms with Gasteiger partial charge in [-0.2, -0.15) is 0 Å². The van der Waals surface area contributed by atoms with Crippen LogP contribution in [0.15, 0.2) is 10.8 Å². The third-order valence-corrected chi connectivity index (χ3v) is 3.67. The van der Waals surface area contributed by atoms with Crippen LogP contribution in [0, 0.1) is 0 Å². The van der Waals surface area contributed by atoms with Gasteiger partial charge in [0.25, 0.3) is 0 Å². The Morgan fingerprint density at radius 3 is 2.63 bits per heavy atom. The lowest BCUT2D eigenvalue weighted by Crippen LogP contribution is -2.48.